The summed E-state index contributed by atoms with van der Waals surface area (Å²) in [5.74, 6) is -1.30. The van der Waals surface area contributed by atoms with Gasteiger partial charge in [0.1, 0.15) is 5.82 Å². The second-order valence-corrected chi connectivity index (χ2v) is 5.66. The fourth-order valence-corrected chi connectivity index (χ4v) is 2.55. The Hall–Kier alpha value is -2.57. The van der Waals surface area contributed by atoms with Crippen molar-refractivity contribution in [3.63, 3.8) is 0 Å². The highest BCUT2D eigenvalue weighted by Gasteiger charge is 2.35. The second-order valence-electron chi connectivity index (χ2n) is 5.66. The maximum atomic E-state index is 14.1. The average molecular weight is 337 g/mol. The minimum Gasteiger partial charge on any atom is -0.362 e. The molecule has 0 spiro atoms. The summed E-state index contributed by atoms with van der Waals surface area (Å²) in [7, 11) is 1.95. The number of alkyl halides is 3. The van der Waals surface area contributed by atoms with E-state index in [1.807, 2.05) is 24.3 Å². The topological polar surface area (TPSA) is 19.4 Å². The van der Waals surface area contributed by atoms with Crippen LogP contribution < -0.4 is 0 Å². The molecule has 24 heavy (non-hydrogen) atoms. The van der Waals surface area contributed by atoms with E-state index in [2.05, 4.69) is 9.88 Å². The Morgan fingerprint density at radius 2 is 1.92 bits per heavy atom. The summed E-state index contributed by atoms with van der Waals surface area (Å²) < 4.78 is 52.5. The molecule has 3 rings (SSSR count). The second kappa shape index (κ2) is 6.14. The van der Waals surface area contributed by atoms with E-state index in [4.69, 9.17) is 0 Å². The summed E-state index contributed by atoms with van der Waals surface area (Å²) in [5, 5.41) is 0. The molecule has 0 atom stereocenters. The van der Waals surface area contributed by atoms with Crippen molar-refractivity contribution in [1.82, 2.24) is 14.8 Å². The van der Waals surface area contributed by atoms with E-state index in [0.29, 0.717) is 6.54 Å². The molecule has 0 fully saturated rings. The van der Waals surface area contributed by atoms with Crippen molar-refractivity contribution in [2.45, 2.75) is 12.7 Å². The van der Waals surface area contributed by atoms with Crippen LogP contribution in [0.5, 0.6) is 0 Å². The zero-order chi connectivity index (χ0) is 17.3. The van der Waals surface area contributed by atoms with E-state index in [9.17, 15) is 17.6 Å². The Morgan fingerprint density at radius 3 is 2.50 bits per heavy atom. The van der Waals surface area contributed by atoms with Gasteiger partial charge in [0.05, 0.1) is 17.9 Å². The van der Waals surface area contributed by atoms with E-state index in [1.165, 1.54) is 18.2 Å². The number of hydrogen-bond donors (Lipinski definition) is 0. The zero-order valence-electron chi connectivity index (χ0n) is 12.9. The van der Waals surface area contributed by atoms with Crippen LogP contribution in [0.1, 0.15) is 11.1 Å². The Bertz CT molecular complexity index is 753. The normalized spacial score (nSPS) is 14.5. The highest BCUT2D eigenvalue weighted by molar-refractivity contribution is 5.61. The molecule has 1 aromatic carbocycles. The first-order chi connectivity index (χ1) is 11.3. The van der Waals surface area contributed by atoms with Crippen molar-refractivity contribution >= 4 is 0 Å². The van der Waals surface area contributed by atoms with Crippen molar-refractivity contribution in [1.29, 1.82) is 0 Å². The summed E-state index contributed by atoms with van der Waals surface area (Å²) >= 11 is 0. The van der Waals surface area contributed by atoms with Crippen LogP contribution in [0.15, 0.2) is 48.9 Å². The van der Waals surface area contributed by atoms with Gasteiger partial charge in [0.25, 0.3) is 0 Å². The van der Waals surface area contributed by atoms with Crippen LogP contribution in [0.2, 0.25) is 0 Å². The molecule has 1 aliphatic rings. The summed E-state index contributed by atoms with van der Waals surface area (Å²) in [6.07, 6.45) is 0.718. The number of rotatable bonds is 3. The third-order valence-corrected chi connectivity index (χ3v) is 3.73. The van der Waals surface area contributed by atoms with Gasteiger partial charge in [-0.1, -0.05) is 12.1 Å². The van der Waals surface area contributed by atoms with Crippen LogP contribution in [-0.4, -0.2) is 28.5 Å². The largest absolute Gasteiger partial charge is 0.419 e. The van der Waals surface area contributed by atoms with Gasteiger partial charge in [-0.2, -0.15) is 13.2 Å². The van der Waals surface area contributed by atoms with Crippen LogP contribution in [-0.2, 0) is 12.7 Å². The Labute approximate surface area is 136 Å². The third-order valence-electron chi connectivity index (χ3n) is 3.73. The van der Waals surface area contributed by atoms with Crippen LogP contribution >= 0.6 is 0 Å². The van der Waals surface area contributed by atoms with Gasteiger partial charge < -0.3 is 9.80 Å². The fourth-order valence-electron chi connectivity index (χ4n) is 2.55. The lowest BCUT2D eigenvalue weighted by molar-refractivity contribution is -0.139. The molecule has 126 valence electrons. The molecule has 0 bridgehead atoms. The van der Waals surface area contributed by atoms with Crippen molar-refractivity contribution < 1.29 is 17.6 Å². The van der Waals surface area contributed by atoms with E-state index < -0.39 is 17.6 Å². The van der Waals surface area contributed by atoms with Crippen molar-refractivity contribution in [3.05, 3.63) is 65.9 Å². The minimum absolute atomic E-state index is 0.155. The van der Waals surface area contributed by atoms with Crippen molar-refractivity contribution in [3.8, 4) is 11.3 Å². The van der Waals surface area contributed by atoms with Gasteiger partial charge in [-0.3, -0.25) is 4.98 Å². The van der Waals surface area contributed by atoms with Crippen LogP contribution in [0, 0.1) is 5.82 Å². The predicted molar refractivity (Wildman–Crippen MR) is 81.9 cm³/mol. The standard InChI is InChI=1S/C17H15F4N3/c1-23-7-8-24(11-23)10-12-5-6-15(22-9-12)13-3-2-4-14(16(13)18)17(19,20)21/h2-9H,10-11H2,1H3. The molecule has 0 amide bonds. The molecule has 2 aromatic rings. The molecule has 2 heterocycles. The Morgan fingerprint density at radius 1 is 1.12 bits per heavy atom. The molecule has 1 aliphatic heterocycles. The maximum Gasteiger partial charge on any atom is 0.419 e. The first kappa shape index (κ1) is 16.3. The molecule has 1 aromatic heterocycles. The lowest BCUT2D eigenvalue weighted by Gasteiger charge is -2.18. The number of halogens is 4. The zero-order valence-corrected chi connectivity index (χ0v) is 12.9. The van der Waals surface area contributed by atoms with Gasteiger partial charge in [0, 0.05) is 37.8 Å². The smallest absolute Gasteiger partial charge is 0.362 e. The maximum absolute atomic E-state index is 14.1. The lowest BCUT2D eigenvalue weighted by atomic mass is 10.1. The van der Waals surface area contributed by atoms with Gasteiger partial charge >= 0.3 is 6.18 Å². The van der Waals surface area contributed by atoms with Gasteiger partial charge in [0.2, 0.25) is 0 Å². The van der Waals surface area contributed by atoms with Crippen LogP contribution in [0.4, 0.5) is 17.6 Å². The first-order valence-electron chi connectivity index (χ1n) is 7.28. The molecule has 0 saturated heterocycles. The van der Waals surface area contributed by atoms with Crippen LogP contribution in [0.25, 0.3) is 11.3 Å². The molecule has 0 unspecified atom stereocenters. The molecule has 0 radical (unpaired) electrons. The van der Waals surface area contributed by atoms with Gasteiger partial charge in [0.15, 0.2) is 0 Å². The SMILES string of the molecule is CN1C=CN(Cc2ccc(-c3cccc(C(F)(F)F)c3F)nc2)C1. The van der Waals surface area contributed by atoms with E-state index in [1.54, 1.807) is 12.3 Å². The highest BCUT2D eigenvalue weighted by Crippen LogP contribution is 2.35. The van der Waals surface area contributed by atoms with E-state index in [0.717, 1.165) is 18.3 Å². The molecule has 3 nitrogen and oxygen atoms in total. The first-order valence-corrected chi connectivity index (χ1v) is 7.28. The van der Waals surface area contributed by atoms with Crippen molar-refractivity contribution in [2.75, 3.05) is 13.7 Å². The predicted octanol–water partition coefficient (Wildman–Crippen LogP) is 4.08. The summed E-state index contributed by atoms with van der Waals surface area (Å²) in [6.45, 7) is 1.38. The quantitative estimate of drug-likeness (QED) is 0.787. The third kappa shape index (κ3) is 3.34. The number of aromatic nitrogens is 1. The number of benzene rings is 1. The highest BCUT2D eigenvalue weighted by atomic mass is 19.4. The molecule has 7 heteroatoms. The lowest BCUT2D eigenvalue weighted by Crippen LogP contribution is -2.21. The van der Waals surface area contributed by atoms with Gasteiger partial charge in [-0.25, -0.2) is 4.39 Å². The minimum atomic E-state index is -4.73. The molecular weight excluding hydrogens is 322 g/mol. The van der Waals surface area contributed by atoms with Gasteiger partial charge in [-0.05, 0) is 23.8 Å². The van der Waals surface area contributed by atoms with Crippen molar-refractivity contribution in [2.24, 2.45) is 0 Å². The average Bonchev–Trinajstić information content (AvgIpc) is 2.92. The Balaban J connectivity index is 1.82. The number of pyridine rings is 1. The molecular formula is C17H15F4N3. The van der Waals surface area contributed by atoms with Crippen LogP contribution in [0.3, 0.4) is 0 Å². The van der Waals surface area contributed by atoms with E-state index in [-0.39, 0.29) is 11.3 Å². The molecule has 0 aliphatic carbocycles. The summed E-state index contributed by atoms with van der Waals surface area (Å²) in [5.41, 5.74) is -0.365. The molecule has 0 N–H and O–H groups in total. The van der Waals surface area contributed by atoms with E-state index >= 15 is 0 Å². The number of nitrogens with zero attached hydrogens (tertiary/aromatic N) is 3. The summed E-state index contributed by atoms with van der Waals surface area (Å²) in [6, 6.07) is 6.49. The Kier molecular flexibility index (Phi) is 4.17. The molecule has 0 saturated carbocycles. The monoisotopic (exact) mass is 337 g/mol. The summed E-state index contributed by atoms with van der Waals surface area (Å²) in [4.78, 5) is 8.19. The van der Waals surface area contributed by atoms with Gasteiger partial charge in [-0.15, -0.1) is 0 Å². The fraction of sp³-hybridized carbons (Fsp3) is 0.235. The number of hydrogen-bond acceptors (Lipinski definition) is 3.